The molecule has 0 bridgehead atoms. The van der Waals surface area contributed by atoms with Crippen LogP contribution in [0.15, 0.2) is 18.2 Å². The highest BCUT2D eigenvalue weighted by Crippen LogP contribution is 2.39. The van der Waals surface area contributed by atoms with E-state index >= 15 is 0 Å². The average Bonchev–Trinajstić information content (AvgIpc) is 3.09. The van der Waals surface area contributed by atoms with Gasteiger partial charge in [0.25, 0.3) is 5.91 Å². The molecule has 0 radical (unpaired) electrons. The van der Waals surface area contributed by atoms with Crippen molar-refractivity contribution in [3.63, 3.8) is 0 Å². The van der Waals surface area contributed by atoms with Gasteiger partial charge in [0.05, 0.1) is 11.3 Å². The lowest BCUT2D eigenvalue weighted by molar-refractivity contribution is 0.100. The highest BCUT2D eigenvalue weighted by Gasteiger charge is 2.34. The minimum atomic E-state index is -0.364. The number of primary amides is 1. The van der Waals surface area contributed by atoms with Gasteiger partial charge in [0.15, 0.2) is 0 Å². The third-order valence-corrected chi connectivity index (χ3v) is 4.84. The summed E-state index contributed by atoms with van der Waals surface area (Å²) < 4.78 is 0. The topological polar surface area (TPSA) is 72.3 Å². The number of carbonyl (C=O) groups is 1. The van der Waals surface area contributed by atoms with Crippen molar-refractivity contribution in [2.24, 2.45) is 11.7 Å². The van der Waals surface area contributed by atoms with Crippen LogP contribution < -0.4 is 16.4 Å². The van der Waals surface area contributed by atoms with Gasteiger partial charge in [0.1, 0.15) is 0 Å². The predicted molar refractivity (Wildman–Crippen MR) is 81.7 cm³/mol. The Morgan fingerprint density at radius 3 is 2.60 bits per heavy atom. The van der Waals surface area contributed by atoms with Crippen LogP contribution in [-0.4, -0.2) is 18.5 Å². The lowest BCUT2D eigenvalue weighted by atomic mass is 9.95. The van der Waals surface area contributed by atoms with Crippen LogP contribution in [0.2, 0.25) is 0 Å². The lowest BCUT2D eigenvalue weighted by Crippen LogP contribution is -2.36. The highest BCUT2D eigenvalue weighted by atomic mass is 16.1. The number of nitrogens with zero attached hydrogens (tertiary/aromatic N) is 1. The number of nitrogen functional groups attached to an aromatic ring is 1. The minimum Gasteiger partial charge on any atom is -0.399 e. The maximum Gasteiger partial charge on any atom is 0.250 e. The van der Waals surface area contributed by atoms with Crippen LogP contribution in [0.5, 0.6) is 0 Å². The first-order valence-corrected chi connectivity index (χ1v) is 7.63. The summed E-state index contributed by atoms with van der Waals surface area (Å²) in [6, 6.07) is 5.98. The zero-order chi connectivity index (χ0) is 14.1. The first-order valence-electron chi connectivity index (χ1n) is 7.63. The molecule has 4 nitrogen and oxygen atoms in total. The van der Waals surface area contributed by atoms with Crippen molar-refractivity contribution >= 4 is 17.3 Å². The molecule has 1 aliphatic heterocycles. The molecule has 20 heavy (non-hydrogen) atoms. The Labute approximate surface area is 120 Å². The van der Waals surface area contributed by atoms with E-state index < -0.39 is 0 Å². The fraction of sp³-hybridized carbons (Fsp3) is 0.562. The van der Waals surface area contributed by atoms with Gasteiger partial charge in [0, 0.05) is 18.3 Å². The molecule has 3 rings (SSSR count). The zero-order valence-electron chi connectivity index (χ0n) is 11.8. The second-order valence-corrected chi connectivity index (χ2v) is 6.09. The third-order valence-electron chi connectivity index (χ3n) is 4.84. The summed E-state index contributed by atoms with van der Waals surface area (Å²) in [4.78, 5) is 14.1. The molecule has 1 saturated carbocycles. The van der Waals surface area contributed by atoms with Crippen LogP contribution in [0.25, 0.3) is 0 Å². The molecular weight excluding hydrogens is 250 g/mol. The van der Waals surface area contributed by atoms with Crippen molar-refractivity contribution in [1.29, 1.82) is 0 Å². The van der Waals surface area contributed by atoms with E-state index in [0.29, 0.717) is 17.3 Å². The maximum absolute atomic E-state index is 11.7. The molecular formula is C16H23N3O. The summed E-state index contributed by atoms with van der Waals surface area (Å²) in [6.45, 7) is 1.00. The summed E-state index contributed by atoms with van der Waals surface area (Å²) >= 11 is 0. The van der Waals surface area contributed by atoms with E-state index in [-0.39, 0.29) is 5.91 Å². The van der Waals surface area contributed by atoms with E-state index in [1.54, 1.807) is 12.1 Å². The van der Waals surface area contributed by atoms with E-state index in [1.807, 2.05) is 6.07 Å². The first kappa shape index (κ1) is 13.3. The number of hydrogen-bond acceptors (Lipinski definition) is 3. The number of hydrogen-bond donors (Lipinski definition) is 2. The van der Waals surface area contributed by atoms with Crippen LogP contribution in [0.3, 0.4) is 0 Å². The monoisotopic (exact) mass is 273 g/mol. The SMILES string of the molecule is NC(=O)c1ccc(N)cc1N1CCCC1C1CCCC1. The lowest BCUT2D eigenvalue weighted by Gasteiger charge is -2.32. The van der Waals surface area contributed by atoms with Gasteiger partial charge >= 0.3 is 0 Å². The molecule has 1 atom stereocenters. The molecule has 1 heterocycles. The molecule has 4 heteroatoms. The van der Waals surface area contributed by atoms with Crippen LogP contribution >= 0.6 is 0 Å². The minimum absolute atomic E-state index is 0.364. The van der Waals surface area contributed by atoms with E-state index in [4.69, 9.17) is 11.5 Å². The Bertz CT molecular complexity index is 508. The smallest absolute Gasteiger partial charge is 0.250 e. The van der Waals surface area contributed by atoms with Crippen molar-refractivity contribution in [1.82, 2.24) is 0 Å². The van der Waals surface area contributed by atoms with E-state index in [2.05, 4.69) is 4.90 Å². The van der Waals surface area contributed by atoms with E-state index in [0.717, 1.165) is 18.2 Å². The van der Waals surface area contributed by atoms with E-state index in [1.165, 1.54) is 38.5 Å². The molecule has 108 valence electrons. The summed E-state index contributed by atoms with van der Waals surface area (Å²) in [6.07, 6.45) is 7.72. The Morgan fingerprint density at radius 1 is 1.15 bits per heavy atom. The van der Waals surface area contributed by atoms with Crippen LogP contribution in [0.4, 0.5) is 11.4 Å². The molecule has 1 saturated heterocycles. The van der Waals surface area contributed by atoms with Gasteiger partial charge in [-0.2, -0.15) is 0 Å². The zero-order valence-corrected chi connectivity index (χ0v) is 11.8. The third kappa shape index (κ3) is 2.35. The molecule has 1 aromatic rings. The fourth-order valence-corrected chi connectivity index (χ4v) is 3.92. The second kappa shape index (κ2) is 5.35. The molecule has 2 aliphatic rings. The Hall–Kier alpha value is -1.71. The van der Waals surface area contributed by atoms with E-state index in [9.17, 15) is 4.79 Å². The first-order chi connectivity index (χ1) is 9.66. The molecule has 0 spiro atoms. The number of anilines is 2. The van der Waals surface area contributed by atoms with Gasteiger partial charge in [-0.05, 0) is 49.8 Å². The quantitative estimate of drug-likeness (QED) is 0.831. The molecule has 1 aromatic carbocycles. The Morgan fingerprint density at radius 2 is 1.90 bits per heavy atom. The van der Waals surface area contributed by atoms with Crippen molar-refractivity contribution in [2.45, 2.75) is 44.6 Å². The standard InChI is InChI=1S/C16H23N3O/c17-12-7-8-13(16(18)20)15(10-12)19-9-3-6-14(19)11-4-1-2-5-11/h7-8,10-11,14H,1-6,9,17H2,(H2,18,20). The van der Waals surface area contributed by atoms with Gasteiger partial charge < -0.3 is 16.4 Å². The van der Waals surface area contributed by atoms with Crippen molar-refractivity contribution in [3.8, 4) is 0 Å². The van der Waals surface area contributed by atoms with Gasteiger partial charge in [-0.25, -0.2) is 0 Å². The molecule has 2 fully saturated rings. The normalized spacial score (nSPS) is 23.4. The average molecular weight is 273 g/mol. The van der Waals surface area contributed by atoms with Crippen molar-refractivity contribution in [2.75, 3.05) is 17.2 Å². The number of nitrogens with two attached hydrogens (primary N) is 2. The van der Waals surface area contributed by atoms with Gasteiger partial charge in [0.2, 0.25) is 0 Å². The van der Waals surface area contributed by atoms with Crippen LogP contribution in [0.1, 0.15) is 48.9 Å². The highest BCUT2D eigenvalue weighted by molar-refractivity contribution is 5.99. The Balaban J connectivity index is 1.94. The Kier molecular flexibility index (Phi) is 3.55. The summed E-state index contributed by atoms with van der Waals surface area (Å²) in [5.74, 6) is 0.400. The van der Waals surface area contributed by atoms with Crippen molar-refractivity contribution in [3.05, 3.63) is 23.8 Å². The molecule has 0 aromatic heterocycles. The number of amides is 1. The van der Waals surface area contributed by atoms with Gasteiger partial charge in [-0.15, -0.1) is 0 Å². The second-order valence-electron chi connectivity index (χ2n) is 6.09. The summed E-state index contributed by atoms with van der Waals surface area (Å²) in [5, 5.41) is 0. The van der Waals surface area contributed by atoms with Gasteiger partial charge in [-0.3, -0.25) is 4.79 Å². The summed E-state index contributed by atoms with van der Waals surface area (Å²) in [7, 11) is 0. The fourth-order valence-electron chi connectivity index (χ4n) is 3.92. The molecule has 1 unspecified atom stereocenters. The summed E-state index contributed by atoms with van der Waals surface area (Å²) in [5.41, 5.74) is 13.7. The molecule has 4 N–H and O–H groups in total. The molecule has 1 aliphatic carbocycles. The maximum atomic E-state index is 11.7. The van der Waals surface area contributed by atoms with Crippen LogP contribution in [0, 0.1) is 5.92 Å². The van der Waals surface area contributed by atoms with Crippen molar-refractivity contribution < 1.29 is 4.79 Å². The predicted octanol–water partition coefficient (Wildman–Crippen LogP) is 2.53. The van der Waals surface area contributed by atoms with Crippen LogP contribution in [-0.2, 0) is 0 Å². The number of carbonyl (C=O) groups excluding carboxylic acids is 1. The largest absolute Gasteiger partial charge is 0.399 e. The van der Waals surface area contributed by atoms with Gasteiger partial charge in [-0.1, -0.05) is 12.8 Å². The number of rotatable bonds is 3. The number of benzene rings is 1. The molecule has 1 amide bonds.